The van der Waals surface area contributed by atoms with E-state index in [-0.39, 0.29) is 11.6 Å². The molecule has 0 heterocycles. The van der Waals surface area contributed by atoms with Crippen LogP contribution in [0.2, 0.25) is 5.02 Å². The summed E-state index contributed by atoms with van der Waals surface area (Å²) in [5.41, 5.74) is 2.94. The first kappa shape index (κ1) is 22.4. The van der Waals surface area contributed by atoms with E-state index in [1.807, 2.05) is 50.2 Å². The van der Waals surface area contributed by atoms with E-state index >= 15 is 0 Å². The van der Waals surface area contributed by atoms with Crippen molar-refractivity contribution in [2.45, 2.75) is 65.7 Å². The molecule has 0 amide bonds. The second kappa shape index (κ2) is 10.6. The van der Waals surface area contributed by atoms with E-state index in [4.69, 9.17) is 11.6 Å². The van der Waals surface area contributed by atoms with Crippen LogP contribution in [0, 0.1) is 5.41 Å². The Labute approximate surface area is 174 Å². The third-order valence-corrected chi connectivity index (χ3v) is 5.79. The highest BCUT2D eigenvalue weighted by molar-refractivity contribution is 6.31. The number of ketones is 2. The molecule has 0 spiro atoms. The van der Waals surface area contributed by atoms with Gasteiger partial charge in [0.2, 0.25) is 0 Å². The Balaban J connectivity index is 1.77. The average Bonchev–Trinajstić information content (AvgIpc) is 2.68. The van der Waals surface area contributed by atoms with E-state index in [1.165, 1.54) is 5.56 Å². The fourth-order valence-electron chi connectivity index (χ4n) is 3.28. The second-order valence-corrected chi connectivity index (χ2v) is 8.54. The molecule has 0 aliphatic carbocycles. The molecule has 0 atom stereocenters. The molecule has 2 rings (SSSR count). The van der Waals surface area contributed by atoms with Crippen molar-refractivity contribution in [2.75, 3.05) is 0 Å². The maximum absolute atomic E-state index is 12.6. The summed E-state index contributed by atoms with van der Waals surface area (Å²) >= 11 is 6.17. The van der Waals surface area contributed by atoms with Gasteiger partial charge in [0.25, 0.3) is 0 Å². The maximum atomic E-state index is 12.6. The van der Waals surface area contributed by atoms with E-state index in [2.05, 4.69) is 19.1 Å². The highest BCUT2D eigenvalue weighted by atomic mass is 35.5. The third-order valence-electron chi connectivity index (χ3n) is 5.42. The summed E-state index contributed by atoms with van der Waals surface area (Å²) in [6.45, 7) is 6.02. The molecule has 0 saturated carbocycles. The van der Waals surface area contributed by atoms with Gasteiger partial charge in [-0.3, -0.25) is 9.59 Å². The van der Waals surface area contributed by atoms with Crippen LogP contribution < -0.4 is 0 Å². The van der Waals surface area contributed by atoms with E-state index < -0.39 is 5.41 Å². The smallest absolute Gasteiger partial charge is 0.138 e. The Morgan fingerprint density at radius 1 is 0.929 bits per heavy atom. The monoisotopic (exact) mass is 398 g/mol. The van der Waals surface area contributed by atoms with Crippen molar-refractivity contribution in [1.82, 2.24) is 0 Å². The van der Waals surface area contributed by atoms with Crippen molar-refractivity contribution >= 4 is 23.2 Å². The summed E-state index contributed by atoms with van der Waals surface area (Å²) in [4.78, 5) is 25.0. The zero-order valence-electron chi connectivity index (χ0n) is 17.3. The van der Waals surface area contributed by atoms with Crippen LogP contribution >= 0.6 is 11.6 Å². The van der Waals surface area contributed by atoms with Gasteiger partial charge < -0.3 is 0 Å². The van der Waals surface area contributed by atoms with Crippen LogP contribution in [0.15, 0.2) is 48.5 Å². The molecule has 3 heteroatoms. The lowest BCUT2D eigenvalue weighted by atomic mass is 9.80. The minimum absolute atomic E-state index is 0.196. The summed E-state index contributed by atoms with van der Waals surface area (Å²) in [6.07, 6.45) is 4.59. The average molecular weight is 399 g/mol. The van der Waals surface area contributed by atoms with Crippen LogP contribution in [0.25, 0.3) is 0 Å². The first-order valence-electron chi connectivity index (χ1n) is 10.2. The minimum atomic E-state index is -0.470. The molecule has 150 valence electrons. The highest BCUT2D eigenvalue weighted by Gasteiger charge is 2.27. The van der Waals surface area contributed by atoms with Crippen molar-refractivity contribution in [3.63, 3.8) is 0 Å². The van der Waals surface area contributed by atoms with Crippen LogP contribution in [0.5, 0.6) is 0 Å². The summed E-state index contributed by atoms with van der Waals surface area (Å²) in [7, 11) is 0. The van der Waals surface area contributed by atoms with Gasteiger partial charge in [0.15, 0.2) is 0 Å². The summed E-state index contributed by atoms with van der Waals surface area (Å²) in [5.74, 6) is 0.417. The fraction of sp³-hybridized carbons (Fsp3) is 0.440. The lowest BCUT2D eigenvalue weighted by Gasteiger charge is -2.22. The van der Waals surface area contributed by atoms with Crippen molar-refractivity contribution in [3.8, 4) is 0 Å². The Kier molecular flexibility index (Phi) is 8.44. The molecule has 0 saturated heterocycles. The van der Waals surface area contributed by atoms with Crippen molar-refractivity contribution in [1.29, 1.82) is 0 Å². The van der Waals surface area contributed by atoms with Gasteiger partial charge in [-0.05, 0) is 48.4 Å². The van der Waals surface area contributed by atoms with Crippen LogP contribution in [0.3, 0.4) is 0 Å². The van der Waals surface area contributed by atoms with Crippen molar-refractivity contribution in [2.24, 2.45) is 5.41 Å². The highest BCUT2D eigenvalue weighted by Crippen LogP contribution is 2.27. The number of hydrogen-bond donors (Lipinski definition) is 0. The van der Waals surface area contributed by atoms with Crippen LogP contribution in [0.1, 0.15) is 63.1 Å². The molecular formula is C25H31ClO2. The molecule has 0 radical (unpaired) electrons. The van der Waals surface area contributed by atoms with Gasteiger partial charge in [0.05, 0.1) is 0 Å². The van der Waals surface area contributed by atoms with Gasteiger partial charge >= 0.3 is 0 Å². The standard InChI is InChI=1S/C25H31ClO2/c1-4-19-12-14-20(15-13-19)18-22(27)16-17-25(2,3)24(28)11-7-9-21-8-5-6-10-23(21)26/h5-6,8,10,12-15H,4,7,9,11,16-18H2,1-3H3. The largest absolute Gasteiger partial charge is 0.299 e. The van der Waals surface area contributed by atoms with E-state index in [1.54, 1.807) is 0 Å². The molecule has 0 aliphatic heterocycles. The first-order chi connectivity index (χ1) is 13.3. The summed E-state index contributed by atoms with van der Waals surface area (Å²) in [5, 5.41) is 0.756. The number of aryl methyl sites for hydroxylation is 2. The molecule has 0 unspecified atom stereocenters. The van der Waals surface area contributed by atoms with E-state index in [0.29, 0.717) is 25.7 Å². The molecule has 2 aromatic carbocycles. The topological polar surface area (TPSA) is 34.1 Å². The van der Waals surface area contributed by atoms with Gasteiger partial charge in [0.1, 0.15) is 11.6 Å². The Hall–Kier alpha value is -1.93. The molecule has 0 N–H and O–H groups in total. The number of benzene rings is 2. The molecular weight excluding hydrogens is 368 g/mol. The zero-order valence-corrected chi connectivity index (χ0v) is 18.0. The van der Waals surface area contributed by atoms with Gasteiger partial charge in [-0.2, -0.15) is 0 Å². The lowest BCUT2D eigenvalue weighted by molar-refractivity contribution is -0.128. The molecule has 0 bridgehead atoms. The number of hydrogen-bond acceptors (Lipinski definition) is 2. The summed E-state index contributed by atoms with van der Waals surface area (Å²) < 4.78 is 0. The third kappa shape index (κ3) is 6.91. The molecule has 28 heavy (non-hydrogen) atoms. The Bertz CT molecular complexity index is 790. The van der Waals surface area contributed by atoms with Crippen LogP contribution in [-0.2, 0) is 28.9 Å². The predicted octanol–water partition coefficient (Wildman–Crippen LogP) is 6.41. The zero-order chi connectivity index (χ0) is 20.6. The van der Waals surface area contributed by atoms with Gasteiger partial charge in [0, 0.05) is 29.7 Å². The fourth-order valence-corrected chi connectivity index (χ4v) is 3.51. The van der Waals surface area contributed by atoms with Crippen LogP contribution in [-0.4, -0.2) is 11.6 Å². The minimum Gasteiger partial charge on any atom is -0.299 e. The van der Waals surface area contributed by atoms with Gasteiger partial charge in [-0.15, -0.1) is 0 Å². The van der Waals surface area contributed by atoms with Crippen LogP contribution in [0.4, 0.5) is 0 Å². The van der Waals surface area contributed by atoms with Crippen molar-refractivity contribution < 1.29 is 9.59 Å². The maximum Gasteiger partial charge on any atom is 0.138 e. The number of carbonyl (C=O) groups excluding carboxylic acids is 2. The predicted molar refractivity (Wildman–Crippen MR) is 117 cm³/mol. The lowest BCUT2D eigenvalue weighted by Crippen LogP contribution is -2.25. The molecule has 0 aromatic heterocycles. The SMILES string of the molecule is CCc1ccc(CC(=O)CCC(C)(C)C(=O)CCCc2ccccc2Cl)cc1. The van der Waals surface area contributed by atoms with E-state index in [0.717, 1.165) is 35.4 Å². The van der Waals surface area contributed by atoms with E-state index in [9.17, 15) is 9.59 Å². The molecule has 0 aliphatic rings. The number of carbonyl (C=O) groups is 2. The Morgan fingerprint density at radius 3 is 2.21 bits per heavy atom. The van der Waals surface area contributed by atoms with Gasteiger partial charge in [-0.1, -0.05) is 74.8 Å². The first-order valence-corrected chi connectivity index (χ1v) is 10.6. The number of halogens is 1. The number of rotatable bonds is 11. The molecule has 2 aromatic rings. The molecule has 0 fully saturated rings. The molecule has 2 nitrogen and oxygen atoms in total. The van der Waals surface area contributed by atoms with Crippen molar-refractivity contribution in [3.05, 3.63) is 70.2 Å². The number of Topliss-reactive ketones (excluding diaryl/α,β-unsaturated/α-hetero) is 2. The second-order valence-electron chi connectivity index (χ2n) is 8.14. The Morgan fingerprint density at radius 2 is 1.57 bits per heavy atom. The summed E-state index contributed by atoms with van der Waals surface area (Å²) in [6, 6.07) is 16.0. The normalized spacial score (nSPS) is 11.4. The quantitative estimate of drug-likeness (QED) is 0.438. The van der Waals surface area contributed by atoms with Gasteiger partial charge in [-0.25, -0.2) is 0 Å².